The van der Waals surface area contributed by atoms with Crippen molar-refractivity contribution in [3.8, 4) is 0 Å². The molecule has 0 aromatic heterocycles. The van der Waals surface area contributed by atoms with Crippen molar-refractivity contribution in [2.24, 2.45) is 0 Å². The summed E-state index contributed by atoms with van der Waals surface area (Å²) in [6, 6.07) is 8.82. The summed E-state index contributed by atoms with van der Waals surface area (Å²) in [5.74, 6) is 0. The van der Waals surface area contributed by atoms with Gasteiger partial charge in [-0.25, -0.2) is 8.42 Å². The quantitative estimate of drug-likeness (QED) is 0.847. The fraction of sp³-hybridized carbons (Fsp3) is 0.167. The molecule has 1 aliphatic rings. The van der Waals surface area contributed by atoms with E-state index in [0.29, 0.717) is 17.0 Å². The van der Waals surface area contributed by atoms with Gasteiger partial charge in [-0.05, 0) is 29.5 Å². The smallest absolute Gasteiger partial charge is 0.262 e. The zero-order valence-corrected chi connectivity index (χ0v) is 9.79. The van der Waals surface area contributed by atoms with Crippen LogP contribution in [0.5, 0.6) is 0 Å². The van der Waals surface area contributed by atoms with E-state index in [2.05, 4.69) is 4.72 Å². The molecule has 2 aromatic rings. The van der Waals surface area contributed by atoms with E-state index in [-0.39, 0.29) is 6.61 Å². The Hall–Kier alpha value is -1.59. The van der Waals surface area contributed by atoms with E-state index in [9.17, 15) is 8.42 Å². The number of sulfonamides is 1. The van der Waals surface area contributed by atoms with Crippen molar-refractivity contribution in [2.45, 2.75) is 11.3 Å². The fourth-order valence-electron chi connectivity index (χ4n) is 2.28. The molecule has 88 valence electrons. The molecular weight excluding hydrogens is 238 g/mol. The van der Waals surface area contributed by atoms with Gasteiger partial charge in [-0.1, -0.05) is 18.2 Å². The minimum absolute atomic E-state index is 0.0544. The standard InChI is InChI=1S/C12H11NO3S/c14-7-6-8-4-5-10-12-9(8)2-1-3-11(12)17(15,16)13-10/h1-5,13-14H,6-7H2. The molecule has 3 rings (SSSR count). The number of anilines is 1. The summed E-state index contributed by atoms with van der Waals surface area (Å²) in [5, 5.41) is 10.6. The molecule has 0 saturated carbocycles. The van der Waals surface area contributed by atoms with Gasteiger partial charge in [0.2, 0.25) is 0 Å². The van der Waals surface area contributed by atoms with E-state index in [4.69, 9.17) is 5.11 Å². The van der Waals surface area contributed by atoms with Crippen LogP contribution in [0.15, 0.2) is 35.2 Å². The number of aliphatic hydroxyl groups is 1. The first-order valence-electron chi connectivity index (χ1n) is 5.32. The molecular formula is C12H11NO3S. The maximum atomic E-state index is 11.8. The summed E-state index contributed by atoms with van der Waals surface area (Å²) < 4.78 is 26.2. The topological polar surface area (TPSA) is 66.4 Å². The Morgan fingerprint density at radius 3 is 2.76 bits per heavy atom. The molecule has 0 unspecified atom stereocenters. The SMILES string of the molecule is O=S1(=O)Nc2ccc(CCO)c3cccc1c23. The first-order valence-corrected chi connectivity index (χ1v) is 6.80. The van der Waals surface area contributed by atoms with Gasteiger partial charge in [0.15, 0.2) is 0 Å². The maximum Gasteiger partial charge on any atom is 0.262 e. The van der Waals surface area contributed by atoms with Crippen LogP contribution in [0.1, 0.15) is 5.56 Å². The number of rotatable bonds is 2. The monoisotopic (exact) mass is 249 g/mol. The summed E-state index contributed by atoms with van der Waals surface area (Å²) in [4.78, 5) is 0.324. The highest BCUT2D eigenvalue weighted by Gasteiger charge is 2.27. The van der Waals surface area contributed by atoms with Gasteiger partial charge < -0.3 is 5.11 Å². The normalized spacial score (nSPS) is 16.1. The van der Waals surface area contributed by atoms with Crippen LogP contribution < -0.4 is 4.72 Å². The van der Waals surface area contributed by atoms with E-state index in [1.807, 2.05) is 12.1 Å². The van der Waals surface area contributed by atoms with Gasteiger partial charge >= 0.3 is 0 Å². The average Bonchev–Trinajstić information content (AvgIpc) is 2.57. The highest BCUT2D eigenvalue weighted by molar-refractivity contribution is 7.93. The Labute approximate surface area is 98.9 Å². The predicted molar refractivity (Wildman–Crippen MR) is 65.5 cm³/mol. The van der Waals surface area contributed by atoms with Crippen molar-refractivity contribution in [1.29, 1.82) is 0 Å². The molecule has 2 N–H and O–H groups in total. The largest absolute Gasteiger partial charge is 0.396 e. The highest BCUT2D eigenvalue weighted by atomic mass is 32.2. The molecule has 0 fully saturated rings. The molecule has 0 aliphatic carbocycles. The zero-order valence-electron chi connectivity index (χ0n) is 8.97. The van der Waals surface area contributed by atoms with E-state index in [1.54, 1.807) is 18.2 Å². The van der Waals surface area contributed by atoms with Gasteiger partial charge in [-0.15, -0.1) is 0 Å². The van der Waals surface area contributed by atoms with Crippen LogP contribution in [0.25, 0.3) is 10.8 Å². The third-order valence-electron chi connectivity index (χ3n) is 3.01. The van der Waals surface area contributed by atoms with Gasteiger partial charge in [-0.2, -0.15) is 0 Å². The van der Waals surface area contributed by atoms with Crippen molar-refractivity contribution in [3.63, 3.8) is 0 Å². The second kappa shape index (κ2) is 3.45. The van der Waals surface area contributed by atoms with Crippen LogP contribution in [0.3, 0.4) is 0 Å². The van der Waals surface area contributed by atoms with Crippen LogP contribution in [0.4, 0.5) is 5.69 Å². The predicted octanol–water partition coefficient (Wildman–Crippen LogP) is 1.49. The van der Waals surface area contributed by atoms with Gasteiger partial charge in [0.05, 0.1) is 10.6 Å². The van der Waals surface area contributed by atoms with Crippen molar-refractivity contribution < 1.29 is 13.5 Å². The molecule has 0 amide bonds. The van der Waals surface area contributed by atoms with E-state index >= 15 is 0 Å². The number of hydrogen-bond acceptors (Lipinski definition) is 3. The Morgan fingerprint density at radius 2 is 2.00 bits per heavy atom. The molecule has 1 heterocycles. The van der Waals surface area contributed by atoms with E-state index in [0.717, 1.165) is 16.3 Å². The molecule has 1 aliphatic heterocycles. The van der Waals surface area contributed by atoms with Crippen LogP contribution >= 0.6 is 0 Å². The lowest BCUT2D eigenvalue weighted by Crippen LogP contribution is -2.05. The molecule has 0 atom stereocenters. The second-order valence-corrected chi connectivity index (χ2v) is 5.68. The lowest BCUT2D eigenvalue weighted by Gasteiger charge is -2.05. The number of nitrogens with one attached hydrogen (secondary N) is 1. The molecule has 0 bridgehead atoms. The molecule has 4 nitrogen and oxygen atoms in total. The van der Waals surface area contributed by atoms with Gasteiger partial charge in [0.1, 0.15) is 0 Å². The molecule has 0 saturated heterocycles. The Morgan fingerprint density at radius 1 is 1.18 bits per heavy atom. The second-order valence-electron chi connectivity index (χ2n) is 4.03. The maximum absolute atomic E-state index is 11.8. The van der Waals surface area contributed by atoms with Crippen LogP contribution in [0, 0.1) is 0 Å². The van der Waals surface area contributed by atoms with E-state index in [1.165, 1.54) is 0 Å². The van der Waals surface area contributed by atoms with Crippen LogP contribution in [-0.2, 0) is 16.4 Å². The van der Waals surface area contributed by atoms with Gasteiger partial charge in [0.25, 0.3) is 10.0 Å². The molecule has 2 aromatic carbocycles. The van der Waals surface area contributed by atoms with Crippen molar-refractivity contribution in [1.82, 2.24) is 0 Å². The first-order chi connectivity index (χ1) is 8.13. The number of hydrogen-bond donors (Lipinski definition) is 2. The van der Waals surface area contributed by atoms with Crippen LogP contribution in [0.2, 0.25) is 0 Å². The minimum atomic E-state index is -3.40. The summed E-state index contributed by atoms with van der Waals surface area (Å²) in [6.07, 6.45) is 0.528. The number of aliphatic hydroxyl groups excluding tert-OH is 1. The van der Waals surface area contributed by atoms with E-state index < -0.39 is 10.0 Å². The fourth-order valence-corrected chi connectivity index (χ4v) is 3.60. The minimum Gasteiger partial charge on any atom is -0.396 e. The highest BCUT2D eigenvalue weighted by Crippen LogP contribution is 2.38. The van der Waals surface area contributed by atoms with Gasteiger partial charge in [-0.3, -0.25) is 4.72 Å². The molecule has 0 radical (unpaired) electrons. The Kier molecular flexibility index (Phi) is 2.14. The summed E-state index contributed by atoms with van der Waals surface area (Å²) in [5.41, 5.74) is 1.59. The summed E-state index contributed by atoms with van der Waals surface area (Å²) in [7, 11) is -3.40. The van der Waals surface area contributed by atoms with Crippen molar-refractivity contribution >= 4 is 26.5 Å². The third kappa shape index (κ3) is 1.43. The molecule has 5 heteroatoms. The molecule has 17 heavy (non-hydrogen) atoms. The Balaban J connectivity index is 2.42. The zero-order chi connectivity index (χ0) is 12.0. The lowest BCUT2D eigenvalue weighted by molar-refractivity contribution is 0.300. The average molecular weight is 249 g/mol. The van der Waals surface area contributed by atoms with Crippen molar-refractivity contribution in [2.75, 3.05) is 11.3 Å². The number of benzene rings is 2. The summed E-state index contributed by atoms with van der Waals surface area (Å²) in [6.45, 7) is 0.0544. The van der Waals surface area contributed by atoms with Crippen molar-refractivity contribution in [3.05, 3.63) is 35.9 Å². The first kappa shape index (κ1) is 10.6. The third-order valence-corrected chi connectivity index (χ3v) is 4.42. The molecule has 0 spiro atoms. The lowest BCUT2D eigenvalue weighted by atomic mass is 10.0. The summed E-state index contributed by atoms with van der Waals surface area (Å²) >= 11 is 0. The van der Waals surface area contributed by atoms with Gasteiger partial charge in [0, 0.05) is 12.0 Å². The Bertz CT molecular complexity index is 707. The van der Waals surface area contributed by atoms with Crippen LogP contribution in [-0.4, -0.2) is 20.1 Å².